The van der Waals surface area contributed by atoms with E-state index in [0.717, 1.165) is 22.4 Å². The Balaban J connectivity index is 0.00000306. The molecule has 0 aliphatic heterocycles. The Hall–Kier alpha value is -3.71. The minimum Gasteiger partial charge on any atom is -0.457 e. The van der Waals surface area contributed by atoms with Crippen molar-refractivity contribution >= 4 is 17.5 Å². The fraction of sp³-hybridized carbons (Fsp3) is 0.269. The SMILES string of the molecule is C.CNC(=O)c1cc(Oc2ccc3c(c2)CC(C(=O)Nc2cccc(C)c2)C(O)C3)ccn1. The predicted octanol–water partition coefficient (Wildman–Crippen LogP) is 3.89. The van der Waals surface area contributed by atoms with Crippen molar-refractivity contribution in [2.24, 2.45) is 5.92 Å². The van der Waals surface area contributed by atoms with Crippen LogP contribution in [0.25, 0.3) is 0 Å². The highest BCUT2D eigenvalue weighted by atomic mass is 16.5. The Morgan fingerprint density at radius 3 is 2.58 bits per heavy atom. The molecule has 33 heavy (non-hydrogen) atoms. The van der Waals surface area contributed by atoms with Gasteiger partial charge in [0.05, 0.1) is 12.0 Å². The van der Waals surface area contributed by atoms with Gasteiger partial charge in [0, 0.05) is 25.0 Å². The van der Waals surface area contributed by atoms with Crippen LogP contribution < -0.4 is 15.4 Å². The lowest BCUT2D eigenvalue weighted by Crippen LogP contribution is -2.39. The Labute approximate surface area is 193 Å². The van der Waals surface area contributed by atoms with Gasteiger partial charge in [0.15, 0.2) is 0 Å². The molecule has 2 unspecified atom stereocenters. The first-order valence-corrected chi connectivity index (χ1v) is 10.5. The number of ether oxygens (including phenoxy) is 1. The first kappa shape index (κ1) is 23.9. The van der Waals surface area contributed by atoms with E-state index in [1.54, 1.807) is 19.2 Å². The van der Waals surface area contributed by atoms with E-state index in [2.05, 4.69) is 15.6 Å². The fourth-order valence-electron chi connectivity index (χ4n) is 3.88. The average molecular weight is 448 g/mol. The Morgan fingerprint density at radius 1 is 1.03 bits per heavy atom. The van der Waals surface area contributed by atoms with Gasteiger partial charge in [0.25, 0.3) is 5.91 Å². The number of nitrogens with zero attached hydrogens (tertiary/aromatic N) is 1. The van der Waals surface area contributed by atoms with Gasteiger partial charge >= 0.3 is 0 Å². The second-order valence-electron chi connectivity index (χ2n) is 7.93. The van der Waals surface area contributed by atoms with Crippen molar-refractivity contribution < 1.29 is 19.4 Å². The van der Waals surface area contributed by atoms with Gasteiger partial charge in [-0.25, -0.2) is 0 Å². The number of aryl methyl sites for hydroxylation is 1. The van der Waals surface area contributed by atoms with E-state index >= 15 is 0 Å². The zero-order valence-corrected chi connectivity index (χ0v) is 18.0. The number of nitrogens with one attached hydrogen (secondary N) is 2. The van der Waals surface area contributed by atoms with Crippen molar-refractivity contribution in [1.29, 1.82) is 0 Å². The van der Waals surface area contributed by atoms with Crippen molar-refractivity contribution in [3.05, 3.63) is 83.2 Å². The number of rotatable bonds is 5. The molecule has 0 spiro atoms. The minimum absolute atomic E-state index is 0. The lowest BCUT2D eigenvalue weighted by atomic mass is 9.81. The van der Waals surface area contributed by atoms with Crippen LogP contribution in [0.2, 0.25) is 0 Å². The molecule has 2 aromatic carbocycles. The van der Waals surface area contributed by atoms with Crippen LogP contribution in [0.4, 0.5) is 5.69 Å². The number of fused-ring (bicyclic) bond motifs is 1. The van der Waals surface area contributed by atoms with Gasteiger partial charge in [-0.15, -0.1) is 0 Å². The quantitative estimate of drug-likeness (QED) is 0.551. The third-order valence-corrected chi connectivity index (χ3v) is 5.56. The summed E-state index contributed by atoms with van der Waals surface area (Å²) in [5, 5.41) is 16.0. The summed E-state index contributed by atoms with van der Waals surface area (Å²) >= 11 is 0. The summed E-state index contributed by atoms with van der Waals surface area (Å²) in [7, 11) is 1.54. The first-order valence-electron chi connectivity index (χ1n) is 10.5. The minimum atomic E-state index is -0.755. The number of anilines is 1. The second kappa shape index (κ2) is 10.3. The molecule has 1 aliphatic carbocycles. The third kappa shape index (κ3) is 5.56. The number of aromatic nitrogens is 1. The standard InChI is InChI=1S/C25H25N3O4.CH4/c1-15-4-3-5-18(10-15)28-24(30)21-12-17-11-19(7-6-16(17)13-23(21)29)32-20-8-9-27-22(14-20)25(31)26-2;/h3-11,14,21,23,29H,12-13H2,1-2H3,(H,26,31)(H,28,30);1H4. The number of carbonyl (C=O) groups excluding carboxylic acids is 2. The topological polar surface area (TPSA) is 101 Å². The number of aliphatic hydroxyl groups is 1. The zero-order chi connectivity index (χ0) is 22.7. The monoisotopic (exact) mass is 447 g/mol. The molecule has 7 nitrogen and oxygen atoms in total. The van der Waals surface area contributed by atoms with Crippen LogP contribution in [-0.4, -0.2) is 35.1 Å². The Morgan fingerprint density at radius 2 is 1.82 bits per heavy atom. The summed E-state index contributed by atoms with van der Waals surface area (Å²) in [6.07, 6.45) is 1.57. The number of amides is 2. The smallest absolute Gasteiger partial charge is 0.269 e. The van der Waals surface area contributed by atoms with Gasteiger partial charge in [-0.1, -0.05) is 25.6 Å². The summed E-state index contributed by atoms with van der Waals surface area (Å²) in [4.78, 5) is 28.7. The predicted molar refractivity (Wildman–Crippen MR) is 128 cm³/mol. The first-order chi connectivity index (χ1) is 15.4. The lowest BCUT2D eigenvalue weighted by Gasteiger charge is -2.29. The molecule has 2 amide bonds. The van der Waals surface area contributed by atoms with Gasteiger partial charge in [-0.05, 0) is 66.8 Å². The van der Waals surface area contributed by atoms with Crippen LogP contribution in [0.5, 0.6) is 11.5 Å². The molecular weight excluding hydrogens is 418 g/mol. The van der Waals surface area contributed by atoms with Gasteiger partial charge < -0.3 is 20.5 Å². The van der Waals surface area contributed by atoms with E-state index < -0.39 is 12.0 Å². The van der Waals surface area contributed by atoms with E-state index in [9.17, 15) is 14.7 Å². The Kier molecular flexibility index (Phi) is 7.45. The molecule has 1 aliphatic rings. The summed E-state index contributed by atoms with van der Waals surface area (Å²) in [6, 6.07) is 16.4. The summed E-state index contributed by atoms with van der Waals surface area (Å²) in [5.41, 5.74) is 3.98. The van der Waals surface area contributed by atoms with Gasteiger partial charge in [0.2, 0.25) is 5.91 Å². The molecule has 0 saturated heterocycles. The molecule has 1 aromatic heterocycles. The molecule has 2 atom stereocenters. The number of hydrogen-bond acceptors (Lipinski definition) is 5. The van der Waals surface area contributed by atoms with Gasteiger partial charge in [-0.3, -0.25) is 14.6 Å². The maximum atomic E-state index is 12.9. The molecule has 1 heterocycles. The molecule has 0 saturated carbocycles. The zero-order valence-electron chi connectivity index (χ0n) is 18.0. The van der Waals surface area contributed by atoms with E-state index in [-0.39, 0.29) is 24.9 Å². The van der Waals surface area contributed by atoms with Crippen molar-refractivity contribution in [2.75, 3.05) is 12.4 Å². The molecule has 0 fully saturated rings. The van der Waals surface area contributed by atoms with E-state index in [0.29, 0.717) is 24.3 Å². The van der Waals surface area contributed by atoms with E-state index in [1.807, 2.05) is 49.4 Å². The highest BCUT2D eigenvalue weighted by molar-refractivity contribution is 5.93. The molecule has 0 bridgehead atoms. The fourth-order valence-corrected chi connectivity index (χ4v) is 3.88. The number of benzene rings is 2. The second-order valence-corrected chi connectivity index (χ2v) is 7.93. The maximum Gasteiger partial charge on any atom is 0.269 e. The van der Waals surface area contributed by atoms with Crippen molar-refractivity contribution in [2.45, 2.75) is 33.3 Å². The van der Waals surface area contributed by atoms with Crippen molar-refractivity contribution in [3.8, 4) is 11.5 Å². The Bertz CT molecular complexity index is 1160. The highest BCUT2D eigenvalue weighted by Crippen LogP contribution is 2.31. The normalized spacial score (nSPS) is 16.7. The lowest BCUT2D eigenvalue weighted by molar-refractivity contribution is -0.123. The molecule has 3 N–H and O–H groups in total. The average Bonchev–Trinajstić information content (AvgIpc) is 2.78. The van der Waals surface area contributed by atoms with Crippen LogP contribution in [0, 0.1) is 12.8 Å². The summed E-state index contributed by atoms with van der Waals surface area (Å²) in [5.74, 6) is 0.0241. The van der Waals surface area contributed by atoms with Crippen LogP contribution in [-0.2, 0) is 17.6 Å². The number of pyridine rings is 1. The molecule has 172 valence electrons. The van der Waals surface area contributed by atoms with Crippen LogP contribution in [0.15, 0.2) is 60.8 Å². The molecule has 7 heteroatoms. The van der Waals surface area contributed by atoms with Crippen molar-refractivity contribution in [3.63, 3.8) is 0 Å². The maximum absolute atomic E-state index is 12.9. The van der Waals surface area contributed by atoms with Crippen molar-refractivity contribution in [1.82, 2.24) is 10.3 Å². The van der Waals surface area contributed by atoms with E-state index in [1.165, 1.54) is 6.20 Å². The molecular formula is C26H29N3O4. The summed E-state index contributed by atoms with van der Waals surface area (Å²) < 4.78 is 5.93. The molecule has 3 aromatic rings. The number of aliphatic hydroxyl groups excluding tert-OH is 1. The van der Waals surface area contributed by atoms with Crippen LogP contribution in [0.1, 0.15) is 34.6 Å². The van der Waals surface area contributed by atoms with Gasteiger partial charge in [0.1, 0.15) is 17.2 Å². The van der Waals surface area contributed by atoms with Crippen LogP contribution >= 0.6 is 0 Å². The van der Waals surface area contributed by atoms with Gasteiger partial charge in [-0.2, -0.15) is 0 Å². The molecule has 4 rings (SSSR count). The summed E-state index contributed by atoms with van der Waals surface area (Å²) in [6.45, 7) is 1.96. The number of carbonyl (C=O) groups is 2. The highest BCUT2D eigenvalue weighted by Gasteiger charge is 2.32. The molecule has 0 radical (unpaired) electrons. The largest absolute Gasteiger partial charge is 0.457 e. The third-order valence-electron chi connectivity index (χ3n) is 5.56. The number of hydrogen-bond donors (Lipinski definition) is 3. The van der Waals surface area contributed by atoms with Crippen LogP contribution in [0.3, 0.4) is 0 Å². The van der Waals surface area contributed by atoms with E-state index in [4.69, 9.17) is 4.74 Å².